The lowest BCUT2D eigenvalue weighted by Crippen LogP contribution is -2.39. The van der Waals surface area contributed by atoms with Crippen LogP contribution in [0.2, 0.25) is 0 Å². The van der Waals surface area contributed by atoms with Gasteiger partial charge in [0.1, 0.15) is 0 Å². The summed E-state index contributed by atoms with van der Waals surface area (Å²) in [5.41, 5.74) is 0.827. The van der Waals surface area contributed by atoms with Crippen molar-refractivity contribution < 1.29 is 10.0 Å². The summed E-state index contributed by atoms with van der Waals surface area (Å²) < 4.78 is 0. The van der Waals surface area contributed by atoms with Crippen LogP contribution < -0.4 is 0 Å². The van der Waals surface area contributed by atoms with Gasteiger partial charge in [0.2, 0.25) is 5.91 Å². The molecule has 18 heavy (non-hydrogen) atoms. The number of hydrogen-bond acceptors (Lipinski definition) is 3. The molecule has 2 fully saturated rings. The van der Waals surface area contributed by atoms with Gasteiger partial charge in [0.15, 0.2) is 0 Å². The van der Waals surface area contributed by atoms with Gasteiger partial charge in [-0.25, -0.2) is 0 Å². The molecule has 1 saturated carbocycles. The van der Waals surface area contributed by atoms with E-state index >= 15 is 0 Å². The maximum absolute atomic E-state index is 12.2. The molecule has 4 heteroatoms. The van der Waals surface area contributed by atoms with Crippen LogP contribution in [0.1, 0.15) is 57.8 Å². The maximum Gasteiger partial charge on any atom is 0.222 e. The third kappa shape index (κ3) is 3.72. The first kappa shape index (κ1) is 13.4. The zero-order valence-electron chi connectivity index (χ0n) is 11.1. The van der Waals surface area contributed by atoms with Crippen LogP contribution >= 0.6 is 0 Å². The van der Waals surface area contributed by atoms with Gasteiger partial charge in [-0.05, 0) is 18.8 Å². The van der Waals surface area contributed by atoms with Crippen LogP contribution in [-0.2, 0) is 4.79 Å². The Morgan fingerprint density at radius 3 is 2.33 bits per heavy atom. The van der Waals surface area contributed by atoms with E-state index in [2.05, 4.69) is 5.16 Å². The molecule has 0 bridgehead atoms. The summed E-state index contributed by atoms with van der Waals surface area (Å²) in [6.07, 6.45) is 9.89. The second-order valence-corrected chi connectivity index (χ2v) is 5.61. The van der Waals surface area contributed by atoms with Gasteiger partial charge in [-0.1, -0.05) is 30.8 Å². The first-order valence-electron chi connectivity index (χ1n) is 7.27. The first-order chi connectivity index (χ1) is 8.79. The number of carbonyl (C=O) groups is 1. The molecule has 4 nitrogen and oxygen atoms in total. The summed E-state index contributed by atoms with van der Waals surface area (Å²) in [5.74, 6) is 0.909. The van der Waals surface area contributed by atoms with Crippen molar-refractivity contribution in [2.45, 2.75) is 57.8 Å². The molecular formula is C14H24N2O2. The Bertz CT molecular complexity index is 297. The smallest absolute Gasteiger partial charge is 0.222 e. The third-order valence-corrected chi connectivity index (χ3v) is 4.27. The normalized spacial score (nSPS) is 22.7. The number of carbonyl (C=O) groups excluding carboxylic acids is 1. The van der Waals surface area contributed by atoms with E-state index in [1.807, 2.05) is 4.90 Å². The summed E-state index contributed by atoms with van der Waals surface area (Å²) in [7, 11) is 0. The number of piperidine rings is 1. The topological polar surface area (TPSA) is 52.9 Å². The minimum Gasteiger partial charge on any atom is -0.411 e. The Morgan fingerprint density at radius 1 is 1.17 bits per heavy atom. The summed E-state index contributed by atoms with van der Waals surface area (Å²) in [4.78, 5) is 14.1. The quantitative estimate of drug-likeness (QED) is 0.467. The van der Waals surface area contributed by atoms with Crippen LogP contribution in [0.25, 0.3) is 0 Å². The van der Waals surface area contributed by atoms with Crippen molar-refractivity contribution in [2.24, 2.45) is 11.1 Å². The molecule has 0 aromatic rings. The lowest BCUT2D eigenvalue weighted by molar-refractivity contribution is -0.132. The molecule has 2 aliphatic rings. The predicted molar refractivity (Wildman–Crippen MR) is 70.8 cm³/mol. The van der Waals surface area contributed by atoms with Crippen LogP contribution in [0.5, 0.6) is 0 Å². The standard InChI is InChI=1S/C14H24N2O2/c17-14(11-12-5-3-1-2-4-6-12)16-9-7-13(15-18)8-10-16/h12,18H,1-11H2. The van der Waals surface area contributed by atoms with Crippen molar-refractivity contribution >= 4 is 11.6 Å². The van der Waals surface area contributed by atoms with Gasteiger partial charge in [-0.3, -0.25) is 4.79 Å². The summed E-state index contributed by atoms with van der Waals surface area (Å²) in [6.45, 7) is 1.45. The lowest BCUT2D eigenvalue weighted by atomic mass is 9.95. The van der Waals surface area contributed by atoms with Gasteiger partial charge in [-0.15, -0.1) is 0 Å². The van der Waals surface area contributed by atoms with Crippen molar-refractivity contribution in [1.29, 1.82) is 0 Å². The molecule has 1 aliphatic heterocycles. The van der Waals surface area contributed by atoms with E-state index in [1.54, 1.807) is 0 Å². The summed E-state index contributed by atoms with van der Waals surface area (Å²) in [5, 5.41) is 11.9. The van der Waals surface area contributed by atoms with Crippen LogP contribution in [0.15, 0.2) is 5.16 Å². The van der Waals surface area contributed by atoms with Gasteiger partial charge in [0.05, 0.1) is 5.71 Å². The van der Waals surface area contributed by atoms with Crippen molar-refractivity contribution in [2.75, 3.05) is 13.1 Å². The highest BCUT2D eigenvalue weighted by atomic mass is 16.4. The molecule has 1 N–H and O–H groups in total. The predicted octanol–water partition coefficient (Wildman–Crippen LogP) is 2.80. The van der Waals surface area contributed by atoms with Gasteiger partial charge in [0, 0.05) is 32.4 Å². The minimum atomic E-state index is 0.305. The highest BCUT2D eigenvalue weighted by Crippen LogP contribution is 2.26. The number of likely N-dealkylation sites (tertiary alicyclic amines) is 1. The van der Waals surface area contributed by atoms with Crippen molar-refractivity contribution in [3.8, 4) is 0 Å². The van der Waals surface area contributed by atoms with E-state index in [4.69, 9.17) is 5.21 Å². The van der Waals surface area contributed by atoms with Crippen LogP contribution in [-0.4, -0.2) is 34.8 Å². The second kappa shape index (κ2) is 6.76. The second-order valence-electron chi connectivity index (χ2n) is 5.61. The van der Waals surface area contributed by atoms with E-state index in [0.717, 1.165) is 38.1 Å². The van der Waals surface area contributed by atoms with Crippen molar-refractivity contribution in [3.63, 3.8) is 0 Å². The Kier molecular flexibility index (Phi) is 5.02. The molecule has 1 saturated heterocycles. The largest absolute Gasteiger partial charge is 0.411 e. The molecule has 0 radical (unpaired) electrons. The highest BCUT2D eigenvalue weighted by molar-refractivity contribution is 5.87. The molecular weight excluding hydrogens is 228 g/mol. The van der Waals surface area contributed by atoms with Crippen molar-refractivity contribution in [1.82, 2.24) is 4.90 Å². The zero-order chi connectivity index (χ0) is 12.8. The Hall–Kier alpha value is -1.06. The highest BCUT2D eigenvalue weighted by Gasteiger charge is 2.23. The Labute approximate surface area is 109 Å². The number of amides is 1. The van der Waals surface area contributed by atoms with Crippen LogP contribution in [0, 0.1) is 5.92 Å². The average Bonchev–Trinajstić information content (AvgIpc) is 2.67. The minimum absolute atomic E-state index is 0.305. The van der Waals surface area contributed by atoms with E-state index in [-0.39, 0.29) is 0 Å². The SMILES string of the molecule is O=C(CC1CCCCCC1)N1CCC(=NO)CC1. The van der Waals surface area contributed by atoms with Gasteiger partial charge < -0.3 is 10.1 Å². The summed E-state index contributed by atoms with van der Waals surface area (Å²) >= 11 is 0. The Balaban J connectivity index is 1.77. The fourth-order valence-corrected chi connectivity index (χ4v) is 3.06. The van der Waals surface area contributed by atoms with E-state index < -0.39 is 0 Å². The zero-order valence-corrected chi connectivity index (χ0v) is 11.1. The molecule has 1 heterocycles. The molecule has 102 valence electrons. The molecule has 0 aromatic carbocycles. The molecule has 0 spiro atoms. The van der Waals surface area contributed by atoms with E-state index in [0.29, 0.717) is 11.8 Å². The average molecular weight is 252 g/mol. The monoisotopic (exact) mass is 252 g/mol. The fourth-order valence-electron chi connectivity index (χ4n) is 3.06. The third-order valence-electron chi connectivity index (χ3n) is 4.27. The van der Waals surface area contributed by atoms with Crippen molar-refractivity contribution in [3.05, 3.63) is 0 Å². The molecule has 1 aliphatic carbocycles. The molecule has 1 amide bonds. The molecule has 0 atom stereocenters. The van der Waals surface area contributed by atoms with E-state index in [1.165, 1.54) is 38.5 Å². The van der Waals surface area contributed by atoms with Crippen LogP contribution in [0.4, 0.5) is 0 Å². The lowest BCUT2D eigenvalue weighted by Gasteiger charge is -2.28. The molecule has 0 aromatic heterocycles. The number of nitrogens with zero attached hydrogens (tertiary/aromatic N) is 2. The molecule has 0 unspecified atom stereocenters. The number of hydrogen-bond donors (Lipinski definition) is 1. The molecule has 2 rings (SSSR count). The maximum atomic E-state index is 12.2. The van der Waals surface area contributed by atoms with Gasteiger partial charge in [0.25, 0.3) is 0 Å². The summed E-state index contributed by atoms with van der Waals surface area (Å²) in [6, 6.07) is 0. The van der Waals surface area contributed by atoms with Gasteiger partial charge >= 0.3 is 0 Å². The van der Waals surface area contributed by atoms with E-state index in [9.17, 15) is 4.79 Å². The van der Waals surface area contributed by atoms with Crippen LogP contribution in [0.3, 0.4) is 0 Å². The van der Waals surface area contributed by atoms with Gasteiger partial charge in [-0.2, -0.15) is 0 Å². The Morgan fingerprint density at radius 2 is 1.78 bits per heavy atom. The first-order valence-corrected chi connectivity index (χ1v) is 7.27. The fraction of sp³-hybridized carbons (Fsp3) is 0.857. The number of oxime groups is 1. The number of rotatable bonds is 2.